The highest BCUT2D eigenvalue weighted by Gasteiger charge is 2.31. The molecule has 1 aliphatic rings. The minimum Gasteiger partial charge on any atom is -0.391 e. The molecule has 124 valence electrons. The van der Waals surface area contributed by atoms with Gasteiger partial charge in [0, 0.05) is 24.7 Å². The van der Waals surface area contributed by atoms with E-state index in [4.69, 9.17) is 10.3 Å². The van der Waals surface area contributed by atoms with Crippen molar-refractivity contribution in [2.24, 2.45) is 5.73 Å². The molecule has 1 amide bonds. The van der Waals surface area contributed by atoms with Crippen molar-refractivity contribution in [1.82, 2.24) is 10.1 Å². The summed E-state index contributed by atoms with van der Waals surface area (Å²) in [4.78, 5) is 14.4. The van der Waals surface area contributed by atoms with Gasteiger partial charge in [0.25, 0.3) is 5.91 Å². The Morgan fingerprint density at radius 2 is 2.04 bits per heavy atom. The molecule has 1 saturated heterocycles. The van der Waals surface area contributed by atoms with E-state index in [0.717, 1.165) is 5.56 Å². The maximum atomic E-state index is 12.8. The number of likely N-dealkylation sites (tertiary alicyclic amines) is 1. The van der Waals surface area contributed by atoms with E-state index < -0.39 is 6.10 Å². The van der Waals surface area contributed by atoms with Gasteiger partial charge in [0.15, 0.2) is 0 Å². The van der Waals surface area contributed by atoms with Crippen LogP contribution < -0.4 is 5.73 Å². The van der Waals surface area contributed by atoms with Crippen molar-refractivity contribution >= 4 is 18.3 Å². The van der Waals surface area contributed by atoms with Gasteiger partial charge >= 0.3 is 0 Å². The normalized spacial score (nSPS) is 20.9. The maximum absolute atomic E-state index is 12.8. The van der Waals surface area contributed by atoms with E-state index in [-0.39, 0.29) is 30.9 Å². The Hall–Kier alpha value is -1.89. The van der Waals surface area contributed by atoms with Crippen molar-refractivity contribution < 1.29 is 14.4 Å². The molecule has 0 aliphatic carbocycles. The number of nitrogens with zero attached hydrogens (tertiary/aromatic N) is 2. The number of piperidine rings is 1. The number of aromatic nitrogens is 1. The standard InChI is InChI=1S/C16H19N3O3.ClH/c1-10-14(15(18-22-10)11-5-3-2-4-6-11)16(21)19-8-12(17)7-13(20)9-19;/h2-6,12-13,20H,7-9,17H2,1H3;1H/t12-,13+;/m0./s1. The second-order valence-corrected chi connectivity index (χ2v) is 5.69. The van der Waals surface area contributed by atoms with E-state index in [9.17, 15) is 9.90 Å². The summed E-state index contributed by atoms with van der Waals surface area (Å²) >= 11 is 0. The summed E-state index contributed by atoms with van der Waals surface area (Å²) in [5, 5.41) is 13.9. The van der Waals surface area contributed by atoms with Gasteiger partial charge in [0.1, 0.15) is 17.0 Å². The molecule has 0 radical (unpaired) electrons. The molecule has 23 heavy (non-hydrogen) atoms. The molecule has 3 N–H and O–H groups in total. The van der Waals surface area contributed by atoms with Gasteiger partial charge in [0.2, 0.25) is 0 Å². The average Bonchev–Trinajstić information content (AvgIpc) is 2.88. The van der Waals surface area contributed by atoms with Crippen LogP contribution in [0.25, 0.3) is 11.3 Å². The first-order valence-electron chi connectivity index (χ1n) is 7.31. The second kappa shape index (κ2) is 7.12. The predicted octanol–water partition coefficient (Wildman–Crippen LogP) is 1.61. The lowest BCUT2D eigenvalue weighted by molar-refractivity contribution is 0.0423. The smallest absolute Gasteiger partial charge is 0.259 e. The first kappa shape index (κ1) is 17.5. The van der Waals surface area contributed by atoms with Crippen LogP contribution in [0.5, 0.6) is 0 Å². The van der Waals surface area contributed by atoms with Gasteiger partial charge in [-0.15, -0.1) is 12.4 Å². The largest absolute Gasteiger partial charge is 0.391 e. The Morgan fingerprint density at radius 1 is 1.35 bits per heavy atom. The van der Waals surface area contributed by atoms with Gasteiger partial charge in [-0.25, -0.2) is 0 Å². The van der Waals surface area contributed by atoms with Crippen molar-refractivity contribution in [2.45, 2.75) is 25.5 Å². The molecule has 0 unspecified atom stereocenters. The lowest BCUT2D eigenvalue weighted by Gasteiger charge is -2.33. The number of halogens is 1. The summed E-state index contributed by atoms with van der Waals surface area (Å²) in [6, 6.07) is 9.21. The minimum atomic E-state index is -0.590. The fourth-order valence-corrected chi connectivity index (χ4v) is 2.85. The molecule has 1 aliphatic heterocycles. The molecular weight excluding hydrogens is 318 g/mol. The predicted molar refractivity (Wildman–Crippen MR) is 88.4 cm³/mol. The average molecular weight is 338 g/mol. The van der Waals surface area contributed by atoms with E-state index in [1.54, 1.807) is 11.8 Å². The first-order chi connectivity index (χ1) is 10.6. The van der Waals surface area contributed by atoms with Crippen LogP contribution in [0.2, 0.25) is 0 Å². The Labute approximate surface area is 140 Å². The Balaban J connectivity index is 0.00000192. The highest BCUT2D eigenvalue weighted by molar-refractivity contribution is 6.00. The van der Waals surface area contributed by atoms with Crippen LogP contribution in [0.15, 0.2) is 34.9 Å². The van der Waals surface area contributed by atoms with Gasteiger partial charge in [-0.05, 0) is 13.3 Å². The quantitative estimate of drug-likeness (QED) is 0.868. The molecule has 1 aromatic heterocycles. The summed E-state index contributed by atoms with van der Waals surface area (Å²) in [6.45, 7) is 2.42. The SMILES string of the molecule is Cc1onc(-c2ccccc2)c1C(=O)N1C[C@@H](N)C[C@@H](O)C1.Cl. The monoisotopic (exact) mass is 337 g/mol. The van der Waals surface area contributed by atoms with Crippen molar-refractivity contribution in [3.63, 3.8) is 0 Å². The van der Waals surface area contributed by atoms with Gasteiger partial charge in [-0.2, -0.15) is 0 Å². The lowest BCUT2D eigenvalue weighted by atomic mass is 10.0. The Bertz CT molecular complexity index is 664. The summed E-state index contributed by atoms with van der Waals surface area (Å²) < 4.78 is 5.22. The summed E-state index contributed by atoms with van der Waals surface area (Å²) in [5.41, 5.74) is 7.69. The van der Waals surface area contributed by atoms with Crippen LogP contribution in [0.3, 0.4) is 0 Å². The number of rotatable bonds is 2. The van der Waals surface area contributed by atoms with E-state index in [0.29, 0.717) is 30.0 Å². The van der Waals surface area contributed by atoms with E-state index in [1.165, 1.54) is 0 Å². The number of aryl methyl sites for hydroxylation is 1. The van der Waals surface area contributed by atoms with Crippen molar-refractivity contribution in [2.75, 3.05) is 13.1 Å². The summed E-state index contributed by atoms with van der Waals surface area (Å²) in [7, 11) is 0. The lowest BCUT2D eigenvalue weighted by Crippen LogP contribution is -2.51. The number of aliphatic hydroxyl groups excluding tert-OH is 1. The molecule has 2 aromatic rings. The van der Waals surface area contributed by atoms with Crippen LogP contribution in [0.1, 0.15) is 22.5 Å². The van der Waals surface area contributed by atoms with Gasteiger partial charge in [0.05, 0.1) is 6.10 Å². The zero-order chi connectivity index (χ0) is 15.7. The number of hydrogen-bond donors (Lipinski definition) is 2. The van der Waals surface area contributed by atoms with Crippen molar-refractivity contribution in [3.8, 4) is 11.3 Å². The number of carbonyl (C=O) groups excluding carboxylic acids is 1. The summed E-state index contributed by atoms with van der Waals surface area (Å²) in [5.74, 6) is 0.268. The van der Waals surface area contributed by atoms with Gasteiger partial charge in [-0.1, -0.05) is 35.5 Å². The highest BCUT2D eigenvalue weighted by Crippen LogP contribution is 2.27. The number of amides is 1. The zero-order valence-electron chi connectivity index (χ0n) is 12.8. The number of nitrogens with two attached hydrogens (primary N) is 1. The molecule has 0 spiro atoms. The molecular formula is C16H20ClN3O3. The third-order valence-corrected chi connectivity index (χ3v) is 3.87. The minimum absolute atomic E-state index is 0. The fourth-order valence-electron chi connectivity index (χ4n) is 2.85. The van der Waals surface area contributed by atoms with Crippen LogP contribution >= 0.6 is 12.4 Å². The fraction of sp³-hybridized carbons (Fsp3) is 0.375. The molecule has 3 rings (SSSR count). The van der Waals surface area contributed by atoms with E-state index in [1.807, 2.05) is 30.3 Å². The topological polar surface area (TPSA) is 92.6 Å². The van der Waals surface area contributed by atoms with Crippen LogP contribution in [-0.2, 0) is 0 Å². The van der Waals surface area contributed by atoms with Crippen LogP contribution in [-0.4, -0.2) is 46.3 Å². The maximum Gasteiger partial charge on any atom is 0.259 e. The van der Waals surface area contributed by atoms with Crippen LogP contribution in [0, 0.1) is 6.92 Å². The molecule has 7 heteroatoms. The number of aliphatic hydroxyl groups is 1. The number of carbonyl (C=O) groups is 1. The Morgan fingerprint density at radius 3 is 2.70 bits per heavy atom. The molecule has 2 heterocycles. The number of benzene rings is 1. The first-order valence-corrected chi connectivity index (χ1v) is 7.31. The summed E-state index contributed by atoms with van der Waals surface area (Å²) in [6.07, 6.45) is -0.0779. The van der Waals surface area contributed by atoms with Gasteiger partial charge < -0.3 is 20.3 Å². The van der Waals surface area contributed by atoms with Crippen molar-refractivity contribution in [1.29, 1.82) is 0 Å². The molecule has 6 nitrogen and oxygen atoms in total. The zero-order valence-corrected chi connectivity index (χ0v) is 13.6. The number of hydrogen-bond acceptors (Lipinski definition) is 5. The van der Waals surface area contributed by atoms with E-state index >= 15 is 0 Å². The highest BCUT2D eigenvalue weighted by atomic mass is 35.5. The van der Waals surface area contributed by atoms with E-state index in [2.05, 4.69) is 5.16 Å². The molecule has 1 aromatic carbocycles. The molecule has 0 bridgehead atoms. The molecule has 1 fully saturated rings. The third-order valence-electron chi connectivity index (χ3n) is 3.87. The number of β-amino-alcohol motifs (C(OH)–C–C–N with tert-alkyl or cyclic N) is 1. The molecule has 2 atom stereocenters. The van der Waals surface area contributed by atoms with Crippen molar-refractivity contribution in [3.05, 3.63) is 41.7 Å². The molecule has 0 saturated carbocycles. The third kappa shape index (κ3) is 3.55. The van der Waals surface area contributed by atoms with Crippen LogP contribution in [0.4, 0.5) is 0 Å². The Kier molecular flexibility index (Phi) is 5.41. The second-order valence-electron chi connectivity index (χ2n) is 5.69. The van der Waals surface area contributed by atoms with Gasteiger partial charge in [-0.3, -0.25) is 4.79 Å².